The summed E-state index contributed by atoms with van der Waals surface area (Å²) in [5.41, 5.74) is 2.32. The summed E-state index contributed by atoms with van der Waals surface area (Å²) in [6.45, 7) is 7.20. The molecule has 3 unspecified atom stereocenters. The summed E-state index contributed by atoms with van der Waals surface area (Å²) in [5, 5.41) is 6.50. The molecule has 0 aromatic heterocycles. The van der Waals surface area contributed by atoms with Crippen LogP contribution in [-0.2, 0) is 16.1 Å². The molecular formula is C19H28ClN3O2. The Hall–Kier alpha value is -1.59. The van der Waals surface area contributed by atoms with Gasteiger partial charge in [0.15, 0.2) is 0 Å². The highest BCUT2D eigenvalue weighted by molar-refractivity contribution is 5.89. The molecule has 3 rings (SSSR count). The number of aryl methyl sites for hydroxylation is 1. The van der Waals surface area contributed by atoms with Gasteiger partial charge >= 0.3 is 0 Å². The topological polar surface area (TPSA) is 61.4 Å². The summed E-state index contributed by atoms with van der Waals surface area (Å²) in [6, 6.07) is 8.43. The number of rotatable bonds is 4. The summed E-state index contributed by atoms with van der Waals surface area (Å²) in [4.78, 5) is 26.6. The molecule has 2 amide bonds. The zero-order valence-electron chi connectivity index (χ0n) is 15.0. The van der Waals surface area contributed by atoms with Gasteiger partial charge in [-0.25, -0.2) is 0 Å². The molecule has 2 aliphatic heterocycles. The first kappa shape index (κ1) is 19.7. The van der Waals surface area contributed by atoms with Crippen molar-refractivity contribution >= 4 is 24.2 Å². The minimum Gasteiger partial charge on any atom is -0.353 e. The van der Waals surface area contributed by atoms with E-state index in [0.717, 1.165) is 25.1 Å². The van der Waals surface area contributed by atoms with Crippen LogP contribution < -0.4 is 10.6 Å². The van der Waals surface area contributed by atoms with E-state index in [1.165, 1.54) is 5.56 Å². The summed E-state index contributed by atoms with van der Waals surface area (Å²) in [6.07, 6.45) is 1.29. The van der Waals surface area contributed by atoms with E-state index in [0.29, 0.717) is 25.4 Å². The Morgan fingerprint density at radius 3 is 2.72 bits per heavy atom. The van der Waals surface area contributed by atoms with E-state index in [2.05, 4.69) is 29.7 Å². The summed E-state index contributed by atoms with van der Waals surface area (Å²) >= 11 is 0. The minimum atomic E-state index is -0.218. The molecule has 25 heavy (non-hydrogen) atoms. The van der Waals surface area contributed by atoms with Crippen LogP contribution >= 0.6 is 12.4 Å². The maximum Gasteiger partial charge on any atom is 0.225 e. The Morgan fingerprint density at radius 1 is 1.32 bits per heavy atom. The van der Waals surface area contributed by atoms with Crippen LogP contribution in [0.25, 0.3) is 0 Å². The molecule has 2 aliphatic rings. The van der Waals surface area contributed by atoms with Gasteiger partial charge in [-0.05, 0) is 37.9 Å². The van der Waals surface area contributed by atoms with Gasteiger partial charge in [-0.2, -0.15) is 0 Å². The van der Waals surface area contributed by atoms with Crippen molar-refractivity contribution in [2.45, 2.75) is 39.3 Å². The highest BCUT2D eigenvalue weighted by Gasteiger charge is 2.35. The molecule has 1 aromatic rings. The van der Waals surface area contributed by atoms with E-state index < -0.39 is 0 Å². The molecule has 0 radical (unpaired) electrons. The smallest absolute Gasteiger partial charge is 0.225 e. The van der Waals surface area contributed by atoms with Gasteiger partial charge in [0, 0.05) is 25.6 Å². The van der Waals surface area contributed by atoms with Gasteiger partial charge in [-0.1, -0.05) is 36.8 Å². The van der Waals surface area contributed by atoms with Gasteiger partial charge < -0.3 is 15.5 Å². The highest BCUT2D eigenvalue weighted by Crippen LogP contribution is 2.21. The van der Waals surface area contributed by atoms with Crippen LogP contribution in [0.5, 0.6) is 0 Å². The number of carbonyl (C=O) groups is 2. The van der Waals surface area contributed by atoms with Crippen LogP contribution in [-0.4, -0.2) is 42.4 Å². The normalized spacial score (nSPS) is 26.2. The highest BCUT2D eigenvalue weighted by atomic mass is 35.5. The van der Waals surface area contributed by atoms with Crippen LogP contribution in [0.1, 0.15) is 30.9 Å². The third-order valence-corrected chi connectivity index (χ3v) is 5.19. The standard InChI is InChI=1S/C19H27N3O2.ClH/c1-13-3-5-15(6-4-13)11-22-12-16(9-18(22)23)19(24)21-17-7-8-20-10-14(17)2;/h3-6,14,16-17,20H,7-12H2,1-2H3,(H,21,24);1H. The van der Waals surface area contributed by atoms with Crippen molar-refractivity contribution < 1.29 is 9.59 Å². The molecule has 0 bridgehead atoms. The number of nitrogens with one attached hydrogen (secondary N) is 2. The zero-order valence-corrected chi connectivity index (χ0v) is 15.8. The van der Waals surface area contributed by atoms with Crippen molar-refractivity contribution in [3.8, 4) is 0 Å². The second-order valence-electron chi connectivity index (χ2n) is 7.25. The van der Waals surface area contributed by atoms with Gasteiger partial charge in [0.05, 0.1) is 5.92 Å². The lowest BCUT2D eigenvalue weighted by molar-refractivity contribution is -0.129. The van der Waals surface area contributed by atoms with Crippen molar-refractivity contribution in [1.29, 1.82) is 0 Å². The van der Waals surface area contributed by atoms with Gasteiger partial charge in [0.1, 0.15) is 0 Å². The van der Waals surface area contributed by atoms with E-state index in [4.69, 9.17) is 0 Å². The average Bonchev–Trinajstić information content (AvgIpc) is 2.93. The fourth-order valence-corrected chi connectivity index (χ4v) is 3.54. The van der Waals surface area contributed by atoms with Crippen LogP contribution in [0, 0.1) is 18.8 Å². The van der Waals surface area contributed by atoms with E-state index in [1.807, 2.05) is 19.1 Å². The maximum absolute atomic E-state index is 12.5. The van der Waals surface area contributed by atoms with E-state index in [1.54, 1.807) is 4.90 Å². The zero-order chi connectivity index (χ0) is 17.1. The lowest BCUT2D eigenvalue weighted by Gasteiger charge is -2.31. The predicted octanol–water partition coefficient (Wildman–Crippen LogP) is 1.88. The first-order valence-corrected chi connectivity index (χ1v) is 8.87. The molecule has 2 fully saturated rings. The number of halogens is 1. The molecule has 2 N–H and O–H groups in total. The lowest BCUT2D eigenvalue weighted by atomic mass is 9.94. The summed E-state index contributed by atoms with van der Waals surface area (Å²) in [5.74, 6) is 0.330. The Morgan fingerprint density at radius 2 is 2.04 bits per heavy atom. The first-order chi connectivity index (χ1) is 11.5. The molecule has 2 saturated heterocycles. The molecule has 6 heteroatoms. The second kappa shape index (κ2) is 8.68. The Labute approximate surface area is 155 Å². The van der Waals surface area contributed by atoms with Crippen molar-refractivity contribution in [1.82, 2.24) is 15.5 Å². The minimum absolute atomic E-state index is 0. The number of piperidine rings is 1. The van der Waals surface area contributed by atoms with Crippen molar-refractivity contribution in [3.05, 3.63) is 35.4 Å². The molecule has 1 aromatic carbocycles. The van der Waals surface area contributed by atoms with Gasteiger partial charge in [0.25, 0.3) is 0 Å². The van der Waals surface area contributed by atoms with Gasteiger partial charge in [-0.15, -0.1) is 12.4 Å². The second-order valence-corrected chi connectivity index (χ2v) is 7.25. The molecule has 138 valence electrons. The van der Waals surface area contributed by atoms with Crippen molar-refractivity contribution in [2.24, 2.45) is 11.8 Å². The van der Waals surface area contributed by atoms with Gasteiger partial charge in [0.2, 0.25) is 11.8 Å². The number of hydrogen-bond donors (Lipinski definition) is 2. The molecule has 3 atom stereocenters. The SMILES string of the molecule is Cc1ccc(CN2CC(C(=O)NC3CCNCC3C)CC2=O)cc1.Cl. The fraction of sp³-hybridized carbons (Fsp3) is 0.579. The monoisotopic (exact) mass is 365 g/mol. The largest absolute Gasteiger partial charge is 0.353 e. The van der Waals surface area contributed by atoms with Crippen LogP contribution in [0.15, 0.2) is 24.3 Å². The Balaban J connectivity index is 0.00000225. The third-order valence-electron chi connectivity index (χ3n) is 5.19. The van der Waals surface area contributed by atoms with Crippen LogP contribution in [0.3, 0.4) is 0 Å². The predicted molar refractivity (Wildman–Crippen MR) is 101 cm³/mol. The van der Waals surface area contributed by atoms with E-state index in [-0.39, 0.29) is 36.2 Å². The quantitative estimate of drug-likeness (QED) is 0.856. The van der Waals surface area contributed by atoms with Crippen LogP contribution in [0.2, 0.25) is 0 Å². The molecular weight excluding hydrogens is 338 g/mol. The number of amides is 2. The van der Waals surface area contributed by atoms with Gasteiger partial charge in [-0.3, -0.25) is 9.59 Å². The Bertz CT molecular complexity index is 605. The number of carbonyl (C=O) groups excluding carboxylic acids is 2. The number of hydrogen-bond acceptors (Lipinski definition) is 3. The Kier molecular flexibility index (Phi) is 6.85. The molecule has 0 spiro atoms. The summed E-state index contributed by atoms with van der Waals surface area (Å²) in [7, 11) is 0. The molecule has 2 heterocycles. The maximum atomic E-state index is 12.5. The first-order valence-electron chi connectivity index (χ1n) is 8.87. The van der Waals surface area contributed by atoms with E-state index >= 15 is 0 Å². The number of likely N-dealkylation sites (tertiary alicyclic amines) is 1. The summed E-state index contributed by atoms with van der Waals surface area (Å²) < 4.78 is 0. The van der Waals surface area contributed by atoms with Crippen molar-refractivity contribution in [2.75, 3.05) is 19.6 Å². The molecule has 5 nitrogen and oxygen atoms in total. The number of benzene rings is 1. The average molecular weight is 366 g/mol. The van der Waals surface area contributed by atoms with E-state index in [9.17, 15) is 9.59 Å². The molecule has 0 aliphatic carbocycles. The fourth-order valence-electron chi connectivity index (χ4n) is 3.54. The van der Waals surface area contributed by atoms with Crippen molar-refractivity contribution in [3.63, 3.8) is 0 Å². The molecule has 0 saturated carbocycles. The number of nitrogens with zero attached hydrogens (tertiary/aromatic N) is 1. The lowest BCUT2D eigenvalue weighted by Crippen LogP contribution is -2.50. The third kappa shape index (κ3) is 4.95. The van der Waals surface area contributed by atoms with Crippen LogP contribution in [0.4, 0.5) is 0 Å².